The van der Waals surface area contributed by atoms with Crippen molar-refractivity contribution in [2.75, 3.05) is 10.5 Å². The molecular weight excluding hydrogens is 253 g/mol. The number of benzene rings is 1. The van der Waals surface area contributed by atoms with Crippen molar-refractivity contribution in [2.45, 2.75) is 19.8 Å². The molecule has 0 saturated heterocycles. The molecule has 0 atom stereocenters. The minimum Gasteiger partial charge on any atom is -0.281 e. The van der Waals surface area contributed by atoms with Gasteiger partial charge in [-0.2, -0.15) is 0 Å². The lowest BCUT2D eigenvalue weighted by Gasteiger charge is -2.08. The lowest BCUT2D eigenvalue weighted by molar-refractivity contribution is 0.595. The van der Waals surface area contributed by atoms with Gasteiger partial charge in [0.2, 0.25) is 10.0 Å². The highest BCUT2D eigenvalue weighted by molar-refractivity contribution is 7.92. The third-order valence-electron chi connectivity index (χ3n) is 1.96. The lowest BCUT2D eigenvalue weighted by atomic mass is 10.3. The van der Waals surface area contributed by atoms with Crippen molar-refractivity contribution in [3.05, 3.63) is 29.0 Å². The summed E-state index contributed by atoms with van der Waals surface area (Å²) in [6.45, 7) is 1.88. The van der Waals surface area contributed by atoms with Crippen LogP contribution >= 0.6 is 11.6 Å². The van der Waals surface area contributed by atoms with Gasteiger partial charge < -0.3 is 0 Å². The fourth-order valence-electron chi connectivity index (χ4n) is 1.13. The number of anilines is 1. The van der Waals surface area contributed by atoms with Gasteiger partial charge in [0.05, 0.1) is 11.4 Å². The molecule has 3 nitrogen and oxygen atoms in total. The Kier molecular flexibility index (Phi) is 4.56. The van der Waals surface area contributed by atoms with Crippen molar-refractivity contribution in [3.63, 3.8) is 0 Å². The van der Waals surface area contributed by atoms with Crippen molar-refractivity contribution in [2.24, 2.45) is 0 Å². The van der Waals surface area contributed by atoms with Gasteiger partial charge in [0.1, 0.15) is 5.82 Å². The summed E-state index contributed by atoms with van der Waals surface area (Å²) in [5.74, 6) is -0.653. The molecule has 0 bridgehead atoms. The first-order valence-electron chi connectivity index (χ1n) is 4.90. The van der Waals surface area contributed by atoms with Gasteiger partial charge in [-0.15, -0.1) is 0 Å². The Morgan fingerprint density at radius 3 is 2.75 bits per heavy atom. The molecule has 0 saturated carbocycles. The molecule has 0 spiro atoms. The first-order chi connectivity index (χ1) is 7.44. The average Bonchev–Trinajstić information content (AvgIpc) is 2.20. The van der Waals surface area contributed by atoms with Crippen LogP contribution in [-0.2, 0) is 10.0 Å². The summed E-state index contributed by atoms with van der Waals surface area (Å²) < 4.78 is 38.4. The fourth-order valence-corrected chi connectivity index (χ4v) is 2.56. The van der Waals surface area contributed by atoms with Gasteiger partial charge in [0.15, 0.2) is 0 Å². The van der Waals surface area contributed by atoms with Gasteiger partial charge in [-0.05, 0) is 24.6 Å². The second-order valence-corrected chi connectivity index (χ2v) is 5.68. The molecule has 6 heteroatoms. The molecule has 0 aliphatic heterocycles. The van der Waals surface area contributed by atoms with Crippen LogP contribution in [0.3, 0.4) is 0 Å². The minimum absolute atomic E-state index is 0.0184. The molecule has 0 unspecified atom stereocenters. The van der Waals surface area contributed by atoms with E-state index >= 15 is 0 Å². The van der Waals surface area contributed by atoms with Crippen molar-refractivity contribution >= 4 is 27.3 Å². The molecule has 0 amide bonds. The summed E-state index contributed by atoms with van der Waals surface area (Å²) in [5.41, 5.74) is -0.108. The lowest BCUT2D eigenvalue weighted by Crippen LogP contribution is -2.17. The average molecular weight is 266 g/mol. The number of hydrogen-bond acceptors (Lipinski definition) is 2. The number of nitrogens with one attached hydrogen (secondary N) is 1. The van der Waals surface area contributed by atoms with Crippen LogP contribution in [0.4, 0.5) is 10.1 Å². The Balaban J connectivity index is 2.83. The SMILES string of the molecule is CCCCS(=O)(=O)Nc1cc(Cl)ccc1F. The summed E-state index contributed by atoms with van der Waals surface area (Å²) >= 11 is 5.65. The highest BCUT2D eigenvalue weighted by atomic mass is 35.5. The van der Waals surface area contributed by atoms with E-state index in [4.69, 9.17) is 11.6 Å². The van der Waals surface area contributed by atoms with E-state index in [-0.39, 0.29) is 16.5 Å². The smallest absolute Gasteiger partial charge is 0.232 e. The molecule has 1 aromatic rings. The van der Waals surface area contributed by atoms with Crippen molar-refractivity contribution in [1.82, 2.24) is 0 Å². The Labute approximate surface area is 99.7 Å². The Morgan fingerprint density at radius 1 is 1.44 bits per heavy atom. The monoisotopic (exact) mass is 265 g/mol. The topological polar surface area (TPSA) is 46.2 Å². The number of hydrogen-bond donors (Lipinski definition) is 1. The van der Waals surface area contributed by atoms with Gasteiger partial charge in [-0.1, -0.05) is 24.9 Å². The first-order valence-corrected chi connectivity index (χ1v) is 6.93. The summed E-state index contributed by atoms with van der Waals surface area (Å²) in [7, 11) is -3.48. The van der Waals surface area contributed by atoms with E-state index in [2.05, 4.69) is 4.72 Å². The zero-order chi connectivity index (χ0) is 12.2. The standard InChI is InChI=1S/C10H13ClFNO2S/c1-2-3-6-16(14,15)13-10-7-8(11)4-5-9(10)12/h4-5,7,13H,2-3,6H2,1H3. The van der Waals surface area contributed by atoms with E-state index in [1.807, 2.05) is 6.92 Å². The van der Waals surface area contributed by atoms with E-state index < -0.39 is 15.8 Å². The molecule has 0 aromatic heterocycles. The molecule has 1 rings (SSSR count). The highest BCUT2D eigenvalue weighted by Gasteiger charge is 2.12. The first kappa shape index (κ1) is 13.3. The summed E-state index contributed by atoms with van der Waals surface area (Å²) in [4.78, 5) is 0. The largest absolute Gasteiger partial charge is 0.281 e. The Hall–Kier alpha value is -0.810. The van der Waals surface area contributed by atoms with Crippen molar-refractivity contribution in [1.29, 1.82) is 0 Å². The second kappa shape index (κ2) is 5.50. The number of unbranched alkanes of at least 4 members (excludes halogenated alkanes) is 1. The van der Waals surface area contributed by atoms with Gasteiger partial charge >= 0.3 is 0 Å². The maximum atomic E-state index is 13.2. The maximum Gasteiger partial charge on any atom is 0.232 e. The van der Waals surface area contributed by atoms with E-state index in [1.54, 1.807) is 0 Å². The zero-order valence-electron chi connectivity index (χ0n) is 8.83. The van der Waals surface area contributed by atoms with Crippen LogP contribution in [0.15, 0.2) is 18.2 Å². The number of halogens is 2. The highest BCUT2D eigenvalue weighted by Crippen LogP contribution is 2.20. The molecule has 0 heterocycles. The number of rotatable bonds is 5. The minimum atomic E-state index is -3.48. The molecule has 16 heavy (non-hydrogen) atoms. The molecule has 1 N–H and O–H groups in total. The summed E-state index contributed by atoms with van der Waals surface area (Å²) in [5, 5.41) is 0.287. The van der Waals surface area contributed by atoms with Crippen molar-refractivity contribution in [3.8, 4) is 0 Å². The fraction of sp³-hybridized carbons (Fsp3) is 0.400. The molecule has 0 fully saturated rings. The molecule has 0 aliphatic rings. The van der Waals surface area contributed by atoms with Crippen LogP contribution in [-0.4, -0.2) is 14.2 Å². The van der Waals surface area contributed by atoms with Gasteiger partial charge in [-0.3, -0.25) is 4.72 Å². The van der Waals surface area contributed by atoms with Gasteiger partial charge in [0.25, 0.3) is 0 Å². The van der Waals surface area contributed by atoms with E-state index in [0.29, 0.717) is 6.42 Å². The quantitative estimate of drug-likeness (QED) is 0.890. The van der Waals surface area contributed by atoms with E-state index in [1.165, 1.54) is 12.1 Å². The molecule has 90 valence electrons. The molecule has 0 aliphatic carbocycles. The number of sulfonamides is 1. The molecule has 0 radical (unpaired) electrons. The second-order valence-electron chi connectivity index (χ2n) is 3.40. The van der Waals surface area contributed by atoms with Crippen LogP contribution < -0.4 is 4.72 Å². The third-order valence-corrected chi connectivity index (χ3v) is 3.55. The van der Waals surface area contributed by atoms with Crippen LogP contribution in [0, 0.1) is 5.82 Å². The Morgan fingerprint density at radius 2 is 2.12 bits per heavy atom. The summed E-state index contributed by atoms with van der Waals surface area (Å²) in [6.07, 6.45) is 1.30. The van der Waals surface area contributed by atoms with Crippen molar-refractivity contribution < 1.29 is 12.8 Å². The van der Waals surface area contributed by atoms with Gasteiger partial charge in [0, 0.05) is 5.02 Å². The zero-order valence-corrected chi connectivity index (χ0v) is 10.4. The maximum absolute atomic E-state index is 13.2. The Bertz CT molecular complexity index is 462. The molecule has 1 aromatic carbocycles. The van der Waals surface area contributed by atoms with Crippen LogP contribution in [0.2, 0.25) is 5.02 Å². The van der Waals surface area contributed by atoms with Gasteiger partial charge in [-0.25, -0.2) is 12.8 Å². The summed E-state index contributed by atoms with van der Waals surface area (Å²) in [6, 6.07) is 3.74. The van der Waals surface area contributed by atoms with Crippen LogP contribution in [0.25, 0.3) is 0 Å². The predicted octanol–water partition coefficient (Wildman–Crippen LogP) is 3.02. The molecular formula is C10H13ClFNO2S. The van der Waals surface area contributed by atoms with Crippen LogP contribution in [0.5, 0.6) is 0 Å². The third kappa shape index (κ3) is 3.98. The predicted molar refractivity (Wildman–Crippen MR) is 63.7 cm³/mol. The van der Waals surface area contributed by atoms with E-state index in [9.17, 15) is 12.8 Å². The van der Waals surface area contributed by atoms with Crippen LogP contribution in [0.1, 0.15) is 19.8 Å². The van der Waals surface area contributed by atoms with E-state index in [0.717, 1.165) is 12.5 Å². The normalized spacial score (nSPS) is 11.4.